The number of hydrogen-bond acceptors (Lipinski definition) is 4. The molecule has 0 aliphatic carbocycles. The van der Waals surface area contributed by atoms with Gasteiger partial charge in [0.15, 0.2) is 0 Å². The molecule has 86 valence electrons. The quantitative estimate of drug-likeness (QED) is 0.418. The molecule has 0 saturated heterocycles. The molecule has 0 rings (SSSR count). The third-order valence-corrected chi connectivity index (χ3v) is 1.85. The summed E-state index contributed by atoms with van der Waals surface area (Å²) in [5.74, 6) is -0.131. The summed E-state index contributed by atoms with van der Waals surface area (Å²) in [7, 11) is 1.69. The van der Waals surface area contributed by atoms with Crippen molar-refractivity contribution < 1.29 is 9.53 Å². The van der Waals surface area contributed by atoms with E-state index < -0.39 is 0 Å². The molecule has 0 radical (unpaired) electrons. The van der Waals surface area contributed by atoms with Crippen LogP contribution < -0.4 is 10.6 Å². The zero-order valence-electron chi connectivity index (χ0n) is 9.21. The zero-order chi connectivity index (χ0) is 11.4. The fourth-order valence-corrected chi connectivity index (χ4v) is 1.08. The molecule has 0 bridgehead atoms. The van der Waals surface area contributed by atoms with Gasteiger partial charge in [-0.25, -0.2) is 0 Å². The van der Waals surface area contributed by atoms with E-state index in [-0.39, 0.29) is 19.0 Å². The average Bonchev–Trinajstić information content (AvgIpc) is 2.25. The van der Waals surface area contributed by atoms with Gasteiger partial charge in [-0.1, -0.05) is 0 Å². The highest BCUT2D eigenvalue weighted by atomic mass is 16.5. The van der Waals surface area contributed by atoms with Crippen molar-refractivity contribution in [1.82, 2.24) is 10.6 Å². The van der Waals surface area contributed by atoms with E-state index in [9.17, 15) is 4.79 Å². The average molecular weight is 213 g/mol. The molecule has 0 atom stereocenters. The van der Waals surface area contributed by atoms with Crippen LogP contribution in [0.15, 0.2) is 0 Å². The Labute approximate surface area is 90.8 Å². The number of rotatable bonds is 9. The number of carbonyl (C=O) groups excluding carboxylic acids is 1. The number of nitrogens with zero attached hydrogens (tertiary/aromatic N) is 1. The van der Waals surface area contributed by atoms with E-state index >= 15 is 0 Å². The van der Waals surface area contributed by atoms with E-state index in [0.717, 1.165) is 32.4 Å². The first kappa shape index (κ1) is 13.9. The summed E-state index contributed by atoms with van der Waals surface area (Å²) in [5.41, 5.74) is 0. The van der Waals surface area contributed by atoms with Crippen LogP contribution in [0.5, 0.6) is 0 Å². The molecule has 5 heteroatoms. The Morgan fingerprint density at radius 3 is 2.87 bits per heavy atom. The lowest BCUT2D eigenvalue weighted by molar-refractivity contribution is -0.120. The Bertz CT molecular complexity index is 201. The lowest BCUT2D eigenvalue weighted by Crippen LogP contribution is -2.34. The molecule has 0 aliphatic rings. The third kappa shape index (κ3) is 10.8. The van der Waals surface area contributed by atoms with Crippen molar-refractivity contribution in [1.29, 1.82) is 5.26 Å². The summed E-state index contributed by atoms with van der Waals surface area (Å²) < 4.78 is 4.92. The van der Waals surface area contributed by atoms with Gasteiger partial charge in [-0.3, -0.25) is 4.79 Å². The topological polar surface area (TPSA) is 74.2 Å². The SMILES string of the molecule is COCCCCCNCC(=O)NCC#N. The number of hydrogen-bond donors (Lipinski definition) is 2. The van der Waals surface area contributed by atoms with Gasteiger partial charge in [0.1, 0.15) is 6.54 Å². The normalized spacial score (nSPS) is 9.60. The molecule has 15 heavy (non-hydrogen) atoms. The first-order valence-corrected chi connectivity index (χ1v) is 5.14. The second kappa shape index (κ2) is 11.0. The highest BCUT2D eigenvalue weighted by Gasteiger charge is 1.97. The van der Waals surface area contributed by atoms with Gasteiger partial charge in [-0.15, -0.1) is 0 Å². The molecule has 0 aromatic carbocycles. The van der Waals surface area contributed by atoms with Crippen LogP contribution >= 0.6 is 0 Å². The first-order chi connectivity index (χ1) is 7.31. The molecule has 1 amide bonds. The molecule has 0 unspecified atom stereocenters. The van der Waals surface area contributed by atoms with E-state index in [1.54, 1.807) is 7.11 Å². The second-order valence-electron chi connectivity index (χ2n) is 3.17. The third-order valence-electron chi connectivity index (χ3n) is 1.85. The number of amides is 1. The number of nitriles is 1. The predicted molar refractivity (Wildman–Crippen MR) is 57.2 cm³/mol. The number of methoxy groups -OCH3 is 1. The van der Waals surface area contributed by atoms with Crippen LogP contribution in [0, 0.1) is 11.3 Å². The zero-order valence-corrected chi connectivity index (χ0v) is 9.21. The van der Waals surface area contributed by atoms with E-state index in [4.69, 9.17) is 10.00 Å². The van der Waals surface area contributed by atoms with Crippen molar-refractivity contribution >= 4 is 5.91 Å². The van der Waals surface area contributed by atoms with Gasteiger partial charge in [0.05, 0.1) is 12.6 Å². The summed E-state index contributed by atoms with van der Waals surface area (Å²) in [6.45, 7) is 1.98. The summed E-state index contributed by atoms with van der Waals surface area (Å²) in [6, 6.07) is 1.85. The minimum Gasteiger partial charge on any atom is -0.385 e. The highest BCUT2D eigenvalue weighted by Crippen LogP contribution is 1.93. The predicted octanol–water partition coefficient (Wildman–Crippen LogP) is 0.0325. The van der Waals surface area contributed by atoms with E-state index in [1.807, 2.05) is 6.07 Å². The van der Waals surface area contributed by atoms with Crippen LogP contribution in [0.3, 0.4) is 0 Å². The summed E-state index contributed by atoms with van der Waals surface area (Å²) in [5, 5.41) is 13.7. The van der Waals surface area contributed by atoms with Gasteiger partial charge in [-0.05, 0) is 25.8 Å². The Morgan fingerprint density at radius 1 is 1.40 bits per heavy atom. The van der Waals surface area contributed by atoms with Gasteiger partial charge in [0, 0.05) is 13.7 Å². The number of unbranched alkanes of at least 4 members (excludes halogenated alkanes) is 2. The lowest BCUT2D eigenvalue weighted by atomic mass is 10.2. The van der Waals surface area contributed by atoms with Crippen LogP contribution in [0.2, 0.25) is 0 Å². The van der Waals surface area contributed by atoms with E-state index in [1.165, 1.54) is 0 Å². The van der Waals surface area contributed by atoms with Crippen molar-refractivity contribution in [3.05, 3.63) is 0 Å². The summed E-state index contributed by atoms with van der Waals surface area (Å²) >= 11 is 0. The van der Waals surface area contributed by atoms with Crippen molar-refractivity contribution in [2.24, 2.45) is 0 Å². The van der Waals surface area contributed by atoms with Crippen LogP contribution in [-0.2, 0) is 9.53 Å². The van der Waals surface area contributed by atoms with Crippen molar-refractivity contribution in [2.75, 3.05) is 33.4 Å². The van der Waals surface area contributed by atoms with Crippen molar-refractivity contribution in [2.45, 2.75) is 19.3 Å². The number of nitrogens with one attached hydrogen (secondary N) is 2. The molecular formula is C10H19N3O2. The van der Waals surface area contributed by atoms with Crippen molar-refractivity contribution in [3.8, 4) is 6.07 Å². The minimum atomic E-state index is -0.131. The maximum absolute atomic E-state index is 11.0. The van der Waals surface area contributed by atoms with Crippen LogP contribution in [0.25, 0.3) is 0 Å². The maximum atomic E-state index is 11.0. The molecule has 0 heterocycles. The molecule has 0 aromatic rings. The van der Waals surface area contributed by atoms with Crippen LogP contribution in [0.4, 0.5) is 0 Å². The Kier molecular flexibility index (Phi) is 10.1. The largest absolute Gasteiger partial charge is 0.385 e. The molecule has 0 saturated carbocycles. The minimum absolute atomic E-state index is 0.0777. The number of ether oxygens (including phenoxy) is 1. The molecule has 0 spiro atoms. The Hall–Kier alpha value is -1.12. The fraction of sp³-hybridized carbons (Fsp3) is 0.800. The van der Waals surface area contributed by atoms with Crippen LogP contribution in [-0.4, -0.2) is 39.3 Å². The monoisotopic (exact) mass is 213 g/mol. The number of carbonyl (C=O) groups is 1. The molecule has 0 aromatic heterocycles. The maximum Gasteiger partial charge on any atom is 0.234 e. The fourth-order valence-electron chi connectivity index (χ4n) is 1.08. The van der Waals surface area contributed by atoms with Crippen molar-refractivity contribution in [3.63, 3.8) is 0 Å². The van der Waals surface area contributed by atoms with Gasteiger partial charge in [0.25, 0.3) is 0 Å². The molecule has 5 nitrogen and oxygen atoms in total. The van der Waals surface area contributed by atoms with Crippen LogP contribution in [0.1, 0.15) is 19.3 Å². The Balaban J connectivity index is 3.10. The van der Waals surface area contributed by atoms with E-state index in [2.05, 4.69) is 10.6 Å². The highest BCUT2D eigenvalue weighted by molar-refractivity contribution is 5.78. The molecule has 0 aliphatic heterocycles. The first-order valence-electron chi connectivity index (χ1n) is 5.14. The smallest absolute Gasteiger partial charge is 0.234 e. The lowest BCUT2D eigenvalue weighted by Gasteiger charge is -2.04. The molecule has 2 N–H and O–H groups in total. The molecule has 0 fully saturated rings. The second-order valence-corrected chi connectivity index (χ2v) is 3.17. The van der Waals surface area contributed by atoms with Gasteiger partial charge >= 0.3 is 0 Å². The van der Waals surface area contributed by atoms with Gasteiger partial charge < -0.3 is 15.4 Å². The summed E-state index contributed by atoms with van der Waals surface area (Å²) in [4.78, 5) is 11.0. The van der Waals surface area contributed by atoms with Gasteiger partial charge in [0.2, 0.25) is 5.91 Å². The standard InChI is InChI=1S/C10H19N3O2/c1-15-8-4-2-3-6-12-9-10(14)13-7-5-11/h12H,2-4,6-9H2,1H3,(H,13,14). The van der Waals surface area contributed by atoms with Gasteiger partial charge in [-0.2, -0.15) is 5.26 Å². The Morgan fingerprint density at radius 2 is 2.20 bits per heavy atom. The molecular weight excluding hydrogens is 194 g/mol. The van der Waals surface area contributed by atoms with E-state index in [0.29, 0.717) is 0 Å². The summed E-state index contributed by atoms with van der Waals surface area (Å²) in [6.07, 6.45) is 3.19.